The highest BCUT2D eigenvalue weighted by Gasteiger charge is 2.30. The lowest BCUT2D eigenvalue weighted by Crippen LogP contribution is -2.07. The number of ketones is 1. The highest BCUT2D eigenvalue weighted by Crippen LogP contribution is 2.52. The van der Waals surface area contributed by atoms with Crippen molar-refractivity contribution >= 4 is 51.6 Å². The fraction of sp³-hybridized carbons (Fsp3) is 0.316. The van der Waals surface area contributed by atoms with Gasteiger partial charge in [0.15, 0.2) is 5.78 Å². The van der Waals surface area contributed by atoms with Gasteiger partial charge in [0.1, 0.15) is 0 Å². The van der Waals surface area contributed by atoms with E-state index in [0.29, 0.717) is 12.2 Å². The summed E-state index contributed by atoms with van der Waals surface area (Å²) >= 11 is 7.32. The first-order valence-electron chi connectivity index (χ1n) is 7.93. The Labute approximate surface area is 158 Å². The van der Waals surface area contributed by atoms with Gasteiger partial charge in [-0.05, 0) is 45.4 Å². The molecule has 124 valence electrons. The summed E-state index contributed by atoms with van der Waals surface area (Å²) in [6.45, 7) is 8.67. The third-order valence-corrected chi connectivity index (χ3v) is 8.74. The van der Waals surface area contributed by atoms with Crippen LogP contribution in [0.1, 0.15) is 36.3 Å². The van der Waals surface area contributed by atoms with Crippen LogP contribution in [0.5, 0.6) is 0 Å². The Kier molecular flexibility index (Phi) is 4.23. The third-order valence-electron chi connectivity index (χ3n) is 4.31. The molecule has 0 spiro atoms. The molecule has 0 fully saturated rings. The highest BCUT2D eigenvalue weighted by atomic mass is 32.2. The molecule has 4 rings (SSSR count). The van der Waals surface area contributed by atoms with Crippen molar-refractivity contribution in [2.24, 2.45) is 0 Å². The van der Waals surface area contributed by atoms with Crippen molar-refractivity contribution in [2.45, 2.75) is 38.3 Å². The number of thiophene rings is 3. The molecule has 24 heavy (non-hydrogen) atoms. The van der Waals surface area contributed by atoms with Crippen molar-refractivity contribution in [3.63, 3.8) is 0 Å². The van der Waals surface area contributed by atoms with Crippen LogP contribution in [0.25, 0.3) is 21.6 Å². The number of carbonyl (C=O) groups excluding carboxylic acids is 1. The molecule has 0 aromatic carbocycles. The maximum Gasteiger partial charge on any atom is 0.166 e. The summed E-state index contributed by atoms with van der Waals surface area (Å²) < 4.78 is 1.21. The number of thioether (sulfide) groups is 1. The quantitative estimate of drug-likeness (QED) is 0.463. The van der Waals surface area contributed by atoms with Crippen LogP contribution < -0.4 is 0 Å². The highest BCUT2D eigenvalue weighted by molar-refractivity contribution is 8.01. The molecule has 0 amide bonds. The SMILES string of the molecule is Cc1cc(-c2sc3c(c2-c2cc(C)sc2C)C(=O)CCS3)c(C)s1. The Morgan fingerprint density at radius 2 is 1.46 bits per heavy atom. The number of rotatable bonds is 2. The van der Waals surface area contributed by atoms with Crippen molar-refractivity contribution in [2.75, 3.05) is 5.75 Å². The predicted molar refractivity (Wildman–Crippen MR) is 110 cm³/mol. The molecule has 0 atom stereocenters. The van der Waals surface area contributed by atoms with Gasteiger partial charge >= 0.3 is 0 Å². The van der Waals surface area contributed by atoms with E-state index in [2.05, 4.69) is 39.8 Å². The van der Waals surface area contributed by atoms with Crippen LogP contribution in [0.3, 0.4) is 0 Å². The van der Waals surface area contributed by atoms with Crippen molar-refractivity contribution in [3.05, 3.63) is 37.2 Å². The summed E-state index contributed by atoms with van der Waals surface area (Å²) in [5.74, 6) is 1.23. The lowest BCUT2D eigenvalue weighted by atomic mass is 9.96. The lowest BCUT2D eigenvalue weighted by Gasteiger charge is -2.12. The molecule has 0 saturated heterocycles. The van der Waals surface area contributed by atoms with Crippen LogP contribution in [0.2, 0.25) is 0 Å². The number of Topliss-reactive ketones (excluding diaryl/α,β-unsaturated/α-hetero) is 1. The topological polar surface area (TPSA) is 17.1 Å². The van der Waals surface area contributed by atoms with E-state index in [4.69, 9.17) is 0 Å². The average Bonchev–Trinajstić information content (AvgIpc) is 3.14. The van der Waals surface area contributed by atoms with Gasteiger partial charge in [-0.15, -0.1) is 45.8 Å². The molecule has 1 aliphatic heterocycles. The molecule has 1 aliphatic rings. The Hall–Kier alpha value is -0.880. The van der Waals surface area contributed by atoms with Gasteiger partial charge in [0.25, 0.3) is 0 Å². The van der Waals surface area contributed by atoms with E-state index in [1.165, 1.54) is 45.3 Å². The van der Waals surface area contributed by atoms with Gasteiger partial charge < -0.3 is 0 Å². The molecule has 0 radical (unpaired) electrons. The van der Waals surface area contributed by atoms with Crippen LogP contribution in [-0.4, -0.2) is 11.5 Å². The summed E-state index contributed by atoms with van der Waals surface area (Å²) in [6.07, 6.45) is 0.657. The summed E-state index contributed by atoms with van der Waals surface area (Å²) in [4.78, 5) is 19.3. The molecule has 3 aromatic heterocycles. The zero-order chi connectivity index (χ0) is 17.0. The first-order valence-corrected chi connectivity index (χ1v) is 11.4. The van der Waals surface area contributed by atoms with Gasteiger partial charge in [0.05, 0.1) is 9.77 Å². The van der Waals surface area contributed by atoms with E-state index in [9.17, 15) is 4.79 Å². The van der Waals surface area contributed by atoms with Gasteiger partial charge in [0.2, 0.25) is 0 Å². The Bertz CT molecular complexity index is 955. The molecule has 0 N–H and O–H groups in total. The summed E-state index contributed by atoms with van der Waals surface area (Å²) in [7, 11) is 0. The number of aryl methyl sites for hydroxylation is 4. The first-order chi connectivity index (χ1) is 11.5. The minimum absolute atomic E-state index is 0.314. The molecular weight excluding hydrogens is 372 g/mol. The first kappa shape index (κ1) is 16.6. The molecular formula is C19H18OS4. The van der Waals surface area contributed by atoms with E-state index < -0.39 is 0 Å². The lowest BCUT2D eigenvalue weighted by molar-refractivity contribution is 0.0986. The second kappa shape index (κ2) is 6.13. The van der Waals surface area contributed by atoms with E-state index in [0.717, 1.165) is 11.3 Å². The van der Waals surface area contributed by atoms with E-state index in [-0.39, 0.29) is 0 Å². The second-order valence-electron chi connectivity index (χ2n) is 6.14. The Morgan fingerprint density at radius 1 is 0.833 bits per heavy atom. The van der Waals surface area contributed by atoms with Crippen LogP contribution in [0.4, 0.5) is 0 Å². The van der Waals surface area contributed by atoms with Crippen molar-refractivity contribution in [1.82, 2.24) is 0 Å². The number of carbonyl (C=O) groups is 1. The Morgan fingerprint density at radius 3 is 2.04 bits per heavy atom. The van der Waals surface area contributed by atoms with E-state index in [1.54, 1.807) is 0 Å². The average molecular weight is 391 g/mol. The van der Waals surface area contributed by atoms with Gasteiger partial charge in [0, 0.05) is 47.7 Å². The van der Waals surface area contributed by atoms with E-state index >= 15 is 0 Å². The molecule has 1 nitrogen and oxygen atoms in total. The summed E-state index contributed by atoms with van der Waals surface area (Å²) in [5.41, 5.74) is 4.73. The molecule has 4 heterocycles. The summed E-state index contributed by atoms with van der Waals surface area (Å²) in [5, 5.41) is 0. The molecule has 0 unspecified atom stereocenters. The van der Waals surface area contributed by atoms with Crippen LogP contribution >= 0.6 is 45.8 Å². The number of fused-ring (bicyclic) bond motifs is 1. The van der Waals surface area contributed by atoms with Crippen LogP contribution in [0.15, 0.2) is 16.3 Å². The molecule has 5 heteroatoms. The third kappa shape index (κ3) is 2.62. The minimum Gasteiger partial charge on any atom is -0.294 e. The van der Waals surface area contributed by atoms with Crippen LogP contribution in [0, 0.1) is 27.7 Å². The fourth-order valence-corrected chi connectivity index (χ4v) is 7.94. The van der Waals surface area contributed by atoms with Gasteiger partial charge in [-0.3, -0.25) is 4.79 Å². The summed E-state index contributed by atoms with van der Waals surface area (Å²) in [6, 6.07) is 4.54. The number of hydrogen-bond donors (Lipinski definition) is 0. The van der Waals surface area contributed by atoms with Crippen molar-refractivity contribution < 1.29 is 4.79 Å². The molecule has 0 saturated carbocycles. The molecule has 0 aliphatic carbocycles. The van der Waals surface area contributed by atoms with Gasteiger partial charge in [-0.1, -0.05) is 0 Å². The largest absolute Gasteiger partial charge is 0.294 e. The zero-order valence-electron chi connectivity index (χ0n) is 14.1. The predicted octanol–water partition coefficient (Wildman–Crippen LogP) is 7.12. The fourth-order valence-electron chi connectivity index (χ4n) is 3.31. The molecule has 3 aromatic rings. The normalized spacial score (nSPS) is 14.2. The van der Waals surface area contributed by atoms with Gasteiger partial charge in [-0.25, -0.2) is 0 Å². The number of hydrogen-bond acceptors (Lipinski definition) is 5. The van der Waals surface area contributed by atoms with E-state index in [1.807, 2.05) is 45.8 Å². The van der Waals surface area contributed by atoms with Gasteiger partial charge in [-0.2, -0.15) is 0 Å². The zero-order valence-corrected chi connectivity index (χ0v) is 17.4. The second-order valence-corrected chi connectivity index (χ2v) is 11.4. The maximum atomic E-state index is 12.7. The Balaban J connectivity index is 2.06. The maximum absolute atomic E-state index is 12.7. The minimum atomic E-state index is 0.314. The monoisotopic (exact) mass is 390 g/mol. The van der Waals surface area contributed by atoms with Crippen molar-refractivity contribution in [3.8, 4) is 21.6 Å². The van der Waals surface area contributed by atoms with Crippen LogP contribution in [-0.2, 0) is 0 Å². The standard InChI is InChI=1S/C19H18OS4/c1-9-7-13(11(3)22-9)16-17-15(20)5-6-21-19(17)24-18(16)14-8-10(2)23-12(14)4/h7-8H,5-6H2,1-4H3. The van der Waals surface area contributed by atoms with Crippen molar-refractivity contribution in [1.29, 1.82) is 0 Å². The molecule has 0 bridgehead atoms. The smallest absolute Gasteiger partial charge is 0.166 e.